The quantitative estimate of drug-likeness (QED) is 0.0387. The Bertz CT molecular complexity index is 6690. The number of rotatable bonds is 26. The van der Waals surface area contributed by atoms with Crippen molar-refractivity contribution in [1.82, 2.24) is 4.57 Å². The molecule has 2 nitrogen and oxygen atoms in total. The van der Waals surface area contributed by atoms with Crippen molar-refractivity contribution < 1.29 is 0 Å². The van der Waals surface area contributed by atoms with Crippen LogP contribution in [0.3, 0.4) is 0 Å². The predicted molar refractivity (Wildman–Crippen MR) is 563 cm³/mol. The number of hydrogen-bond acceptors (Lipinski definition) is 1. The van der Waals surface area contributed by atoms with E-state index in [9.17, 15) is 0 Å². The highest BCUT2D eigenvalue weighted by Crippen LogP contribution is 2.59. The molecule has 16 aromatic rings. The fraction of sp³-hybridized carbons (Fsp3) is 0.271. The Balaban J connectivity index is 0.000000128. The number of hydrogen-bond donors (Lipinski definition) is 0. The lowest BCUT2D eigenvalue weighted by atomic mass is 9.65. The SMILES string of the molecule is C=CCCCC1(CCCC=C)c2cc(C)ccc2-c2ccc(C)cc21.CCCCCCc1cc(C)c(CCCCCC)cc1C.Cc1ccc2c(c1)C(c1ccc3c(c1)CC3)(c1ccc3c(c1)CC3)c1cc(C)ccc1-2.Cc1cccc(-n2c3ccc(C)cc3c3cc(-c4ccc(N(c5ccc(-c6ccccc6)cc5)c5ccc6c(c5)C(C)(C)c5ccccc5-6)cc4)ccc32)c1. The van der Waals surface area contributed by atoms with Crippen LogP contribution in [0.4, 0.5) is 17.1 Å². The lowest BCUT2D eigenvalue weighted by Gasteiger charge is -2.37. The van der Waals surface area contributed by atoms with Gasteiger partial charge in [-0.25, -0.2) is 0 Å². The molecule has 0 unspecified atom stereocenters. The van der Waals surface area contributed by atoms with E-state index in [0.29, 0.717) is 0 Å². The van der Waals surface area contributed by atoms with Gasteiger partial charge in [-0.05, 0) is 368 Å². The molecule has 5 aliphatic rings. The lowest BCUT2D eigenvalue weighted by Crippen LogP contribution is -2.30. The number of aromatic nitrogens is 1. The summed E-state index contributed by atoms with van der Waals surface area (Å²) in [6, 6.07) is 115. The molecule has 658 valence electrons. The van der Waals surface area contributed by atoms with Gasteiger partial charge in [-0.2, -0.15) is 0 Å². The van der Waals surface area contributed by atoms with Crippen molar-refractivity contribution in [2.24, 2.45) is 0 Å². The first-order valence-corrected chi connectivity index (χ1v) is 49.2. The van der Waals surface area contributed by atoms with E-state index < -0.39 is 0 Å². The molecule has 0 saturated carbocycles. The van der Waals surface area contributed by atoms with E-state index in [4.69, 9.17) is 0 Å². The van der Waals surface area contributed by atoms with Crippen LogP contribution >= 0.6 is 0 Å². The van der Waals surface area contributed by atoms with Crippen molar-refractivity contribution in [1.29, 1.82) is 0 Å². The number of anilines is 3. The molecule has 0 saturated heterocycles. The van der Waals surface area contributed by atoms with Crippen molar-refractivity contribution in [3.05, 3.63) is 451 Å². The second-order valence-corrected chi connectivity index (χ2v) is 39.3. The summed E-state index contributed by atoms with van der Waals surface area (Å²) in [7, 11) is 0. The van der Waals surface area contributed by atoms with Gasteiger partial charge in [0, 0.05) is 44.4 Å². The Kier molecular flexibility index (Phi) is 26.1. The van der Waals surface area contributed by atoms with Gasteiger partial charge in [0.15, 0.2) is 0 Å². The maximum absolute atomic E-state index is 3.93. The molecule has 2 heteroatoms. The first kappa shape index (κ1) is 89.0. The van der Waals surface area contributed by atoms with Crippen LogP contribution in [-0.4, -0.2) is 4.57 Å². The van der Waals surface area contributed by atoms with Gasteiger partial charge in [-0.3, -0.25) is 0 Å². The van der Waals surface area contributed by atoms with Crippen LogP contribution in [0.5, 0.6) is 0 Å². The predicted octanol–water partition coefficient (Wildman–Crippen LogP) is 35.2. The first-order valence-electron chi connectivity index (χ1n) is 49.2. The minimum Gasteiger partial charge on any atom is -0.310 e. The molecule has 21 rings (SSSR count). The third-order valence-electron chi connectivity index (χ3n) is 29.8. The molecule has 131 heavy (non-hydrogen) atoms. The van der Waals surface area contributed by atoms with Crippen molar-refractivity contribution >= 4 is 38.9 Å². The number of allylic oxidation sites excluding steroid dienone is 2. The van der Waals surface area contributed by atoms with Crippen molar-refractivity contribution in [2.45, 2.75) is 228 Å². The fourth-order valence-electron chi connectivity index (χ4n) is 22.5. The van der Waals surface area contributed by atoms with Gasteiger partial charge < -0.3 is 9.47 Å². The van der Waals surface area contributed by atoms with E-state index >= 15 is 0 Å². The first-order chi connectivity index (χ1) is 63.8. The Morgan fingerprint density at radius 2 is 0.733 bits per heavy atom. The summed E-state index contributed by atoms with van der Waals surface area (Å²) < 4.78 is 2.40. The topological polar surface area (TPSA) is 8.17 Å². The van der Waals surface area contributed by atoms with Gasteiger partial charge in [-0.15, -0.1) is 13.2 Å². The van der Waals surface area contributed by atoms with Crippen molar-refractivity contribution in [3.8, 4) is 61.3 Å². The third kappa shape index (κ3) is 17.4. The summed E-state index contributed by atoms with van der Waals surface area (Å²) in [5.74, 6) is 0. The average molecular weight is 1710 g/mol. The maximum Gasteiger partial charge on any atom is 0.0713 e. The summed E-state index contributed by atoms with van der Waals surface area (Å²) in [5, 5.41) is 2.55. The van der Waals surface area contributed by atoms with Gasteiger partial charge in [0.2, 0.25) is 0 Å². The summed E-state index contributed by atoms with van der Waals surface area (Å²) >= 11 is 0. The summed E-state index contributed by atoms with van der Waals surface area (Å²) in [5.41, 5.74) is 51.9. The molecule has 0 N–H and O–H groups in total. The highest BCUT2D eigenvalue weighted by molar-refractivity contribution is 6.11. The van der Waals surface area contributed by atoms with Gasteiger partial charge in [-0.1, -0.05) is 337 Å². The highest BCUT2D eigenvalue weighted by atomic mass is 15.1. The maximum atomic E-state index is 3.93. The molecular weight excluding hydrogens is 1580 g/mol. The van der Waals surface area contributed by atoms with Gasteiger partial charge >= 0.3 is 0 Å². The molecule has 15 aromatic carbocycles. The zero-order valence-electron chi connectivity index (χ0n) is 80.0. The number of aryl methyl sites for hydroxylation is 14. The second kappa shape index (κ2) is 38.4. The monoisotopic (exact) mass is 1710 g/mol. The van der Waals surface area contributed by atoms with E-state index in [1.165, 1.54) is 299 Å². The molecule has 0 bridgehead atoms. The van der Waals surface area contributed by atoms with E-state index in [1.807, 2.05) is 0 Å². The molecule has 0 aliphatic heterocycles. The normalized spacial score (nSPS) is 13.6. The van der Waals surface area contributed by atoms with E-state index in [1.54, 1.807) is 22.3 Å². The number of nitrogens with zero attached hydrogens (tertiary/aromatic N) is 2. The number of benzene rings is 15. The molecule has 0 radical (unpaired) electrons. The van der Waals surface area contributed by atoms with Crippen molar-refractivity contribution in [2.75, 3.05) is 4.90 Å². The summed E-state index contributed by atoms with van der Waals surface area (Å²) in [6.07, 6.45) is 29.4. The van der Waals surface area contributed by atoms with Crippen LogP contribution in [0.2, 0.25) is 0 Å². The van der Waals surface area contributed by atoms with Crippen molar-refractivity contribution in [3.63, 3.8) is 0 Å². The second-order valence-electron chi connectivity index (χ2n) is 39.3. The van der Waals surface area contributed by atoms with Crippen LogP contribution in [0.25, 0.3) is 83.1 Å². The molecular formula is C129H132N2. The highest BCUT2D eigenvalue weighted by Gasteiger charge is 2.48. The van der Waals surface area contributed by atoms with Gasteiger partial charge in [0.25, 0.3) is 0 Å². The minimum atomic E-state index is -0.238. The molecule has 0 fully saturated rings. The molecule has 5 aliphatic carbocycles. The molecule has 0 atom stereocenters. The Labute approximate surface area is 783 Å². The smallest absolute Gasteiger partial charge is 0.0713 e. The summed E-state index contributed by atoms with van der Waals surface area (Å²) in [4.78, 5) is 2.40. The Morgan fingerprint density at radius 1 is 0.313 bits per heavy atom. The van der Waals surface area contributed by atoms with E-state index in [2.05, 4.69) is 421 Å². The third-order valence-corrected chi connectivity index (χ3v) is 29.8. The van der Waals surface area contributed by atoms with Crippen LogP contribution in [0, 0.1) is 55.4 Å². The Hall–Kier alpha value is -12.6. The minimum absolute atomic E-state index is 0.0890. The Morgan fingerprint density at radius 3 is 1.24 bits per heavy atom. The number of fused-ring (bicyclic) bond motifs is 14. The van der Waals surface area contributed by atoms with Crippen LogP contribution < -0.4 is 4.90 Å². The van der Waals surface area contributed by atoms with Crippen LogP contribution in [0.15, 0.2) is 329 Å². The van der Waals surface area contributed by atoms with Gasteiger partial charge in [0.05, 0.1) is 16.4 Å². The summed E-state index contributed by atoms with van der Waals surface area (Å²) in [6.45, 7) is 34.9. The van der Waals surface area contributed by atoms with Crippen LogP contribution in [-0.2, 0) is 54.8 Å². The van der Waals surface area contributed by atoms with E-state index in [0.717, 1.165) is 29.9 Å². The molecule has 0 spiro atoms. The average Bonchev–Trinajstić information content (AvgIpc) is 0.897. The standard InChI is InChI=1S/C53H42N2.C31H26.C25H30.C20H34/c1-35-11-10-14-43(31-35)55-51-29-17-36(2)32-47(51)48-33-40(22-30-52(48)55)39-20-25-42(26-21-39)54(41-23-18-38(19-24-41)37-12-6-5-7-13-37)44-27-28-46-45-15-8-9-16-49(45)53(3,4)50(46)34-44;1-19-3-13-27-28-14-4-20(2)16-30(28)31(29(27)15-19,25-11-9-21-5-7-23(21)17-25)26-12-10-22-6-8-24(22)18-26;1-5-7-9-15-25(16-10-8-6-2)23-17-19(3)11-13-21(23)22-14-12-20(4)18-24(22)25;1-5-7-9-11-13-19-15-18(4)20(16-17(19)3)14-12-10-8-6-2/h5-34H,1-4H3;3-4,9-18H,5-8H2,1-2H3;5-6,11-14,17-18H,1-2,7-10,15-16H2,3-4H3;15-16H,5-14H2,1-4H3. The van der Waals surface area contributed by atoms with Gasteiger partial charge in [0.1, 0.15) is 0 Å². The molecule has 0 amide bonds. The van der Waals surface area contributed by atoms with Crippen LogP contribution in [0.1, 0.15) is 240 Å². The largest absolute Gasteiger partial charge is 0.310 e. The zero-order valence-corrected chi connectivity index (χ0v) is 80.0. The lowest BCUT2D eigenvalue weighted by molar-refractivity contribution is 0.422. The zero-order chi connectivity index (χ0) is 90.7. The van der Waals surface area contributed by atoms with E-state index in [-0.39, 0.29) is 16.2 Å². The fourth-order valence-corrected chi connectivity index (χ4v) is 22.5. The molecule has 1 aromatic heterocycles. The molecule has 1 heterocycles. The number of unbranched alkanes of at least 4 members (excludes halogenated alkanes) is 8.